The molecule has 3 aromatic carbocycles. The molecule has 1 aliphatic rings. The van der Waals surface area contributed by atoms with Gasteiger partial charge in [-0.3, -0.25) is 9.59 Å². The summed E-state index contributed by atoms with van der Waals surface area (Å²) in [5.41, 5.74) is 4.62. The number of halogens is 1. The summed E-state index contributed by atoms with van der Waals surface area (Å²) in [5, 5.41) is 3.66. The molecule has 144 valence electrons. The average molecular weight is 403 g/mol. The fourth-order valence-electron chi connectivity index (χ4n) is 3.56. The fourth-order valence-corrected chi connectivity index (χ4v) is 3.74. The largest absolute Gasteiger partial charge is 0.350 e. The van der Waals surface area contributed by atoms with Gasteiger partial charge in [0.05, 0.1) is 11.3 Å². The number of nitrogens with zero attached hydrogens (tertiary/aromatic N) is 1. The first-order chi connectivity index (χ1) is 13.9. The van der Waals surface area contributed by atoms with E-state index < -0.39 is 5.91 Å². The number of rotatable bonds is 4. The Hall–Kier alpha value is -3.37. The summed E-state index contributed by atoms with van der Waals surface area (Å²) in [6.45, 7) is 3.98. The van der Waals surface area contributed by atoms with Gasteiger partial charge in [0.25, 0.3) is 11.8 Å². The summed E-state index contributed by atoms with van der Waals surface area (Å²) in [6, 6.07) is 21.9. The molecule has 0 aromatic heterocycles. The van der Waals surface area contributed by atoms with E-state index in [-0.39, 0.29) is 11.6 Å². The van der Waals surface area contributed by atoms with Gasteiger partial charge in [-0.1, -0.05) is 54.1 Å². The quantitative estimate of drug-likeness (QED) is 0.598. The second-order valence-electron chi connectivity index (χ2n) is 7.04. The van der Waals surface area contributed by atoms with Crippen molar-refractivity contribution in [3.63, 3.8) is 0 Å². The van der Waals surface area contributed by atoms with Gasteiger partial charge >= 0.3 is 0 Å². The van der Waals surface area contributed by atoms with Crippen molar-refractivity contribution in [1.82, 2.24) is 0 Å². The number of carbonyl (C=O) groups is 2. The Morgan fingerprint density at radius 1 is 0.793 bits per heavy atom. The number of benzene rings is 3. The molecule has 5 heteroatoms. The normalized spacial score (nSPS) is 14.0. The molecular weight excluding hydrogens is 384 g/mol. The van der Waals surface area contributed by atoms with E-state index >= 15 is 0 Å². The Morgan fingerprint density at radius 2 is 1.48 bits per heavy atom. The van der Waals surface area contributed by atoms with Crippen molar-refractivity contribution in [2.45, 2.75) is 13.8 Å². The molecular formula is C24H19ClN2O2. The van der Waals surface area contributed by atoms with Crippen LogP contribution in [0, 0.1) is 13.8 Å². The van der Waals surface area contributed by atoms with Gasteiger partial charge in [0, 0.05) is 10.7 Å². The van der Waals surface area contributed by atoms with Gasteiger partial charge in [0.15, 0.2) is 0 Å². The van der Waals surface area contributed by atoms with E-state index in [0.29, 0.717) is 21.8 Å². The fraction of sp³-hybridized carbons (Fsp3) is 0.0833. The summed E-state index contributed by atoms with van der Waals surface area (Å²) in [7, 11) is 0. The highest BCUT2D eigenvalue weighted by Crippen LogP contribution is 2.34. The third kappa shape index (κ3) is 3.67. The van der Waals surface area contributed by atoms with E-state index in [2.05, 4.69) is 11.4 Å². The first-order valence-corrected chi connectivity index (χ1v) is 9.61. The predicted octanol–water partition coefficient (Wildman–Crippen LogP) is 5.35. The van der Waals surface area contributed by atoms with Crippen LogP contribution in [0.15, 0.2) is 78.5 Å². The van der Waals surface area contributed by atoms with E-state index in [9.17, 15) is 9.59 Å². The number of carbonyl (C=O) groups excluding carboxylic acids is 2. The van der Waals surface area contributed by atoms with Crippen molar-refractivity contribution in [1.29, 1.82) is 0 Å². The molecule has 0 fully saturated rings. The summed E-state index contributed by atoms with van der Waals surface area (Å²) in [6.07, 6.45) is 0. The van der Waals surface area contributed by atoms with E-state index in [1.165, 1.54) is 4.90 Å². The Labute approximate surface area is 174 Å². The highest BCUT2D eigenvalue weighted by molar-refractivity contribution is 6.46. The van der Waals surface area contributed by atoms with Crippen LogP contribution in [-0.4, -0.2) is 11.8 Å². The topological polar surface area (TPSA) is 49.4 Å². The number of anilines is 2. The number of hydrogen-bond acceptors (Lipinski definition) is 3. The van der Waals surface area contributed by atoms with Crippen molar-refractivity contribution in [3.8, 4) is 0 Å². The van der Waals surface area contributed by atoms with Gasteiger partial charge in [0.2, 0.25) is 0 Å². The van der Waals surface area contributed by atoms with Crippen LogP contribution in [0.2, 0.25) is 5.02 Å². The van der Waals surface area contributed by atoms with E-state index in [1.807, 2.05) is 56.3 Å². The molecule has 0 bridgehead atoms. The van der Waals surface area contributed by atoms with Crippen molar-refractivity contribution < 1.29 is 9.59 Å². The molecule has 0 saturated heterocycles. The van der Waals surface area contributed by atoms with Crippen LogP contribution in [-0.2, 0) is 9.59 Å². The molecule has 29 heavy (non-hydrogen) atoms. The summed E-state index contributed by atoms with van der Waals surface area (Å²) < 4.78 is 0. The van der Waals surface area contributed by atoms with Crippen LogP contribution in [0.1, 0.15) is 16.7 Å². The lowest BCUT2D eigenvalue weighted by molar-refractivity contribution is -0.120. The van der Waals surface area contributed by atoms with Crippen LogP contribution in [0.25, 0.3) is 5.57 Å². The van der Waals surface area contributed by atoms with Gasteiger partial charge in [-0.25, -0.2) is 4.90 Å². The van der Waals surface area contributed by atoms with E-state index in [4.69, 9.17) is 11.6 Å². The van der Waals surface area contributed by atoms with Gasteiger partial charge in [-0.15, -0.1) is 0 Å². The number of hydrogen-bond donors (Lipinski definition) is 1. The first kappa shape index (κ1) is 19.0. The van der Waals surface area contributed by atoms with Gasteiger partial charge in [0.1, 0.15) is 5.70 Å². The van der Waals surface area contributed by atoms with E-state index in [0.717, 1.165) is 16.8 Å². The number of aryl methyl sites for hydroxylation is 2. The van der Waals surface area contributed by atoms with Crippen LogP contribution in [0.5, 0.6) is 0 Å². The average Bonchev–Trinajstić information content (AvgIpc) is 2.91. The Kier molecular flexibility index (Phi) is 4.95. The molecule has 2 amide bonds. The van der Waals surface area contributed by atoms with Gasteiger partial charge in [-0.2, -0.15) is 0 Å². The minimum absolute atomic E-state index is 0.256. The lowest BCUT2D eigenvalue weighted by atomic mass is 10.0. The monoisotopic (exact) mass is 402 g/mol. The van der Waals surface area contributed by atoms with Crippen molar-refractivity contribution in [2.24, 2.45) is 0 Å². The van der Waals surface area contributed by atoms with Crippen LogP contribution >= 0.6 is 11.6 Å². The van der Waals surface area contributed by atoms with Crippen LogP contribution in [0.3, 0.4) is 0 Å². The molecule has 0 aliphatic carbocycles. The van der Waals surface area contributed by atoms with E-state index in [1.54, 1.807) is 24.3 Å². The third-order valence-corrected chi connectivity index (χ3v) is 4.94. The molecule has 0 spiro atoms. The maximum Gasteiger partial charge on any atom is 0.282 e. The SMILES string of the molecule is Cc1cc(C)cc(NC2=C(c3ccccc3)C(=O)N(c3cccc(Cl)c3)C2=O)c1. The summed E-state index contributed by atoms with van der Waals surface area (Å²) >= 11 is 6.09. The number of nitrogens with one attached hydrogen (secondary N) is 1. The van der Waals surface area contributed by atoms with Gasteiger partial charge in [-0.05, 0) is 60.9 Å². The van der Waals surface area contributed by atoms with Crippen LogP contribution < -0.4 is 10.2 Å². The number of imide groups is 1. The third-order valence-electron chi connectivity index (χ3n) is 4.70. The maximum absolute atomic E-state index is 13.3. The summed E-state index contributed by atoms with van der Waals surface area (Å²) in [5.74, 6) is -0.786. The minimum atomic E-state index is -0.407. The first-order valence-electron chi connectivity index (χ1n) is 9.23. The smallest absolute Gasteiger partial charge is 0.282 e. The molecule has 1 aliphatic heterocycles. The Morgan fingerprint density at radius 3 is 2.14 bits per heavy atom. The highest BCUT2D eigenvalue weighted by atomic mass is 35.5. The molecule has 0 radical (unpaired) electrons. The molecule has 1 heterocycles. The zero-order valence-corrected chi connectivity index (χ0v) is 16.8. The maximum atomic E-state index is 13.3. The molecule has 4 nitrogen and oxygen atoms in total. The zero-order chi connectivity index (χ0) is 20.5. The highest BCUT2D eigenvalue weighted by Gasteiger charge is 2.40. The molecule has 0 saturated carbocycles. The van der Waals surface area contributed by atoms with Crippen molar-refractivity contribution >= 4 is 40.4 Å². The second-order valence-corrected chi connectivity index (χ2v) is 7.48. The van der Waals surface area contributed by atoms with Gasteiger partial charge < -0.3 is 5.32 Å². The second kappa shape index (κ2) is 7.57. The summed E-state index contributed by atoms with van der Waals surface area (Å²) in [4.78, 5) is 27.8. The van der Waals surface area contributed by atoms with Crippen molar-refractivity contribution in [3.05, 3.63) is 100 Å². The molecule has 0 atom stereocenters. The molecule has 4 rings (SSSR count). The van der Waals surface area contributed by atoms with Crippen LogP contribution in [0.4, 0.5) is 11.4 Å². The van der Waals surface area contributed by atoms with Crippen molar-refractivity contribution in [2.75, 3.05) is 10.2 Å². The lowest BCUT2D eigenvalue weighted by Crippen LogP contribution is -2.32. The minimum Gasteiger partial charge on any atom is -0.350 e. The standard InChI is InChI=1S/C24H19ClN2O2/c1-15-11-16(2)13-19(12-15)26-22-21(17-7-4-3-5-8-17)23(28)27(24(22)29)20-10-6-9-18(25)14-20/h3-14,26H,1-2H3. The Balaban J connectivity index is 1.83. The lowest BCUT2D eigenvalue weighted by Gasteiger charge is -2.16. The molecule has 1 N–H and O–H groups in total. The predicted molar refractivity (Wildman–Crippen MR) is 117 cm³/mol. The Bertz CT molecular complexity index is 1130. The zero-order valence-electron chi connectivity index (χ0n) is 16.1. The molecule has 0 unspecified atom stereocenters. The number of amides is 2. The molecule has 3 aromatic rings.